The van der Waals surface area contributed by atoms with Crippen molar-refractivity contribution < 1.29 is 14.3 Å². The van der Waals surface area contributed by atoms with Crippen LogP contribution in [0.25, 0.3) is 0 Å². The van der Waals surface area contributed by atoms with Crippen LogP contribution in [0.15, 0.2) is 0 Å². The Morgan fingerprint density at radius 1 is 1.36 bits per heavy atom. The molecular formula is C10H21NO3. The quantitative estimate of drug-likeness (QED) is 0.601. The summed E-state index contributed by atoms with van der Waals surface area (Å²) in [5.74, 6) is -0.206. The molecule has 0 aromatic carbocycles. The molecule has 0 bridgehead atoms. The predicted molar refractivity (Wildman–Crippen MR) is 55.2 cm³/mol. The van der Waals surface area contributed by atoms with E-state index in [1.165, 1.54) is 7.11 Å². The zero-order valence-corrected chi connectivity index (χ0v) is 9.79. The monoisotopic (exact) mass is 203 g/mol. The Morgan fingerprint density at radius 3 is 2.36 bits per heavy atom. The highest BCUT2D eigenvalue weighted by Gasteiger charge is 2.17. The van der Waals surface area contributed by atoms with Crippen LogP contribution in [-0.2, 0) is 14.3 Å². The molecule has 0 amide bonds. The maximum absolute atomic E-state index is 10.9. The standard InChI is InChI=1S/C10H21NO3/c1-10(2,14-5)6-7-11(3)8-9(12)13-4/h6-8H2,1-5H3. The lowest BCUT2D eigenvalue weighted by atomic mass is 10.1. The Bertz CT molecular complexity index is 180. The van der Waals surface area contributed by atoms with Crippen LogP contribution in [-0.4, -0.2) is 50.8 Å². The largest absolute Gasteiger partial charge is 0.468 e. The summed E-state index contributed by atoms with van der Waals surface area (Å²) in [5, 5.41) is 0. The van der Waals surface area contributed by atoms with Gasteiger partial charge in [-0.05, 0) is 27.3 Å². The molecule has 0 unspecified atom stereocenters. The second-order valence-corrected chi connectivity index (χ2v) is 4.03. The third kappa shape index (κ3) is 5.94. The third-order valence-electron chi connectivity index (χ3n) is 2.27. The zero-order chi connectivity index (χ0) is 11.2. The lowest BCUT2D eigenvalue weighted by Gasteiger charge is -2.25. The van der Waals surface area contributed by atoms with Crippen LogP contribution in [0.1, 0.15) is 20.3 Å². The highest BCUT2D eigenvalue weighted by Crippen LogP contribution is 2.12. The molecular weight excluding hydrogens is 182 g/mol. The van der Waals surface area contributed by atoms with Crippen molar-refractivity contribution in [1.82, 2.24) is 4.90 Å². The van der Waals surface area contributed by atoms with Crippen molar-refractivity contribution in [3.63, 3.8) is 0 Å². The summed E-state index contributed by atoms with van der Waals surface area (Å²) in [6, 6.07) is 0. The maximum Gasteiger partial charge on any atom is 0.319 e. The summed E-state index contributed by atoms with van der Waals surface area (Å²) >= 11 is 0. The smallest absolute Gasteiger partial charge is 0.319 e. The molecule has 0 aromatic rings. The molecule has 0 atom stereocenters. The number of likely N-dealkylation sites (N-methyl/N-ethyl adjacent to an activating group) is 1. The van der Waals surface area contributed by atoms with E-state index < -0.39 is 0 Å². The van der Waals surface area contributed by atoms with Gasteiger partial charge in [0.25, 0.3) is 0 Å². The summed E-state index contributed by atoms with van der Waals surface area (Å²) in [7, 11) is 4.98. The molecule has 0 heterocycles. The van der Waals surface area contributed by atoms with Crippen molar-refractivity contribution in [2.24, 2.45) is 0 Å². The van der Waals surface area contributed by atoms with Gasteiger partial charge < -0.3 is 9.47 Å². The van der Waals surface area contributed by atoms with E-state index in [1.54, 1.807) is 7.11 Å². The van der Waals surface area contributed by atoms with E-state index in [-0.39, 0.29) is 11.6 Å². The highest BCUT2D eigenvalue weighted by atomic mass is 16.5. The SMILES string of the molecule is COC(=O)CN(C)CCC(C)(C)OC. The van der Waals surface area contributed by atoms with Gasteiger partial charge in [-0.15, -0.1) is 0 Å². The van der Waals surface area contributed by atoms with E-state index in [0.717, 1.165) is 13.0 Å². The van der Waals surface area contributed by atoms with Crippen LogP contribution >= 0.6 is 0 Å². The minimum atomic E-state index is -0.206. The van der Waals surface area contributed by atoms with Gasteiger partial charge in [-0.25, -0.2) is 0 Å². The Labute approximate surface area is 86.2 Å². The second kappa shape index (κ2) is 5.98. The molecule has 0 aromatic heterocycles. The fourth-order valence-electron chi connectivity index (χ4n) is 0.926. The fourth-order valence-corrected chi connectivity index (χ4v) is 0.926. The third-order valence-corrected chi connectivity index (χ3v) is 2.27. The lowest BCUT2D eigenvalue weighted by Crippen LogP contribution is -2.33. The van der Waals surface area contributed by atoms with Crippen LogP contribution in [0.5, 0.6) is 0 Å². The normalized spacial score (nSPS) is 11.9. The van der Waals surface area contributed by atoms with Gasteiger partial charge in [0.2, 0.25) is 0 Å². The molecule has 0 saturated heterocycles. The van der Waals surface area contributed by atoms with Crippen molar-refractivity contribution >= 4 is 5.97 Å². The molecule has 0 spiro atoms. The first-order valence-electron chi connectivity index (χ1n) is 4.72. The van der Waals surface area contributed by atoms with Gasteiger partial charge in [0.1, 0.15) is 0 Å². The minimum absolute atomic E-state index is 0.135. The van der Waals surface area contributed by atoms with Gasteiger partial charge in [0, 0.05) is 13.7 Å². The summed E-state index contributed by atoms with van der Waals surface area (Å²) < 4.78 is 9.84. The lowest BCUT2D eigenvalue weighted by molar-refractivity contribution is -0.141. The topological polar surface area (TPSA) is 38.8 Å². The predicted octanol–water partition coefficient (Wildman–Crippen LogP) is 0.906. The Hall–Kier alpha value is -0.610. The second-order valence-electron chi connectivity index (χ2n) is 4.03. The average Bonchev–Trinajstić information content (AvgIpc) is 2.15. The number of carbonyl (C=O) groups excluding carboxylic acids is 1. The molecule has 4 heteroatoms. The Morgan fingerprint density at radius 2 is 1.93 bits per heavy atom. The molecule has 0 radical (unpaired) electrons. The van der Waals surface area contributed by atoms with E-state index in [1.807, 2.05) is 25.8 Å². The molecule has 0 fully saturated rings. The van der Waals surface area contributed by atoms with Gasteiger partial charge >= 0.3 is 5.97 Å². The zero-order valence-electron chi connectivity index (χ0n) is 9.79. The van der Waals surface area contributed by atoms with Crippen LogP contribution in [0.2, 0.25) is 0 Å². The fraction of sp³-hybridized carbons (Fsp3) is 0.900. The molecule has 84 valence electrons. The summed E-state index contributed by atoms with van der Waals surface area (Å²) in [4.78, 5) is 12.8. The minimum Gasteiger partial charge on any atom is -0.468 e. The first-order chi connectivity index (χ1) is 6.41. The summed E-state index contributed by atoms with van der Waals surface area (Å²) in [5.41, 5.74) is -0.135. The van der Waals surface area contributed by atoms with Gasteiger partial charge in [0.05, 0.1) is 19.3 Å². The first-order valence-corrected chi connectivity index (χ1v) is 4.72. The highest BCUT2D eigenvalue weighted by molar-refractivity contribution is 5.71. The number of ether oxygens (including phenoxy) is 2. The number of esters is 1. The van der Waals surface area contributed by atoms with E-state index >= 15 is 0 Å². The number of hydrogen-bond donors (Lipinski definition) is 0. The Kier molecular flexibility index (Phi) is 5.72. The van der Waals surface area contributed by atoms with Crippen LogP contribution in [0.3, 0.4) is 0 Å². The van der Waals surface area contributed by atoms with E-state index in [2.05, 4.69) is 4.74 Å². The number of hydrogen-bond acceptors (Lipinski definition) is 4. The maximum atomic E-state index is 10.9. The van der Waals surface area contributed by atoms with Crippen molar-refractivity contribution in [1.29, 1.82) is 0 Å². The van der Waals surface area contributed by atoms with E-state index in [9.17, 15) is 4.79 Å². The van der Waals surface area contributed by atoms with Crippen molar-refractivity contribution in [3.05, 3.63) is 0 Å². The van der Waals surface area contributed by atoms with Gasteiger partial charge in [0.15, 0.2) is 0 Å². The van der Waals surface area contributed by atoms with Gasteiger partial charge in [-0.1, -0.05) is 0 Å². The molecule has 0 N–H and O–H groups in total. The number of methoxy groups -OCH3 is 2. The molecule has 0 saturated carbocycles. The number of nitrogens with zero attached hydrogens (tertiary/aromatic N) is 1. The summed E-state index contributed by atoms with van der Waals surface area (Å²) in [6.45, 7) is 5.20. The number of carbonyl (C=O) groups is 1. The molecule has 0 rings (SSSR count). The molecule has 0 aliphatic rings. The average molecular weight is 203 g/mol. The molecule has 14 heavy (non-hydrogen) atoms. The van der Waals surface area contributed by atoms with Crippen molar-refractivity contribution in [2.45, 2.75) is 25.9 Å². The summed E-state index contributed by atoms with van der Waals surface area (Å²) in [6.07, 6.45) is 0.886. The number of rotatable bonds is 6. The Balaban J connectivity index is 3.74. The van der Waals surface area contributed by atoms with Crippen molar-refractivity contribution in [2.75, 3.05) is 34.4 Å². The van der Waals surface area contributed by atoms with Crippen molar-refractivity contribution in [3.8, 4) is 0 Å². The van der Waals surface area contributed by atoms with Crippen LogP contribution in [0, 0.1) is 0 Å². The molecule has 0 aliphatic heterocycles. The molecule has 0 aliphatic carbocycles. The van der Waals surface area contributed by atoms with Gasteiger partial charge in [-0.3, -0.25) is 9.69 Å². The van der Waals surface area contributed by atoms with Crippen LogP contribution < -0.4 is 0 Å². The van der Waals surface area contributed by atoms with E-state index in [0.29, 0.717) is 6.54 Å². The van der Waals surface area contributed by atoms with E-state index in [4.69, 9.17) is 4.74 Å². The molecule has 4 nitrogen and oxygen atoms in total. The van der Waals surface area contributed by atoms with Crippen LogP contribution in [0.4, 0.5) is 0 Å². The van der Waals surface area contributed by atoms with Gasteiger partial charge in [-0.2, -0.15) is 0 Å². The first kappa shape index (κ1) is 13.4.